The van der Waals surface area contributed by atoms with Gasteiger partial charge in [-0.1, -0.05) is 12.1 Å². The normalized spacial score (nSPS) is 10.5. The second kappa shape index (κ2) is 6.37. The predicted molar refractivity (Wildman–Crippen MR) is 86.7 cm³/mol. The summed E-state index contributed by atoms with van der Waals surface area (Å²) in [4.78, 5) is 26.3. The first-order valence-electron chi connectivity index (χ1n) is 7.16. The van der Waals surface area contributed by atoms with Crippen molar-refractivity contribution < 1.29 is 18.9 Å². The molecule has 1 heterocycles. The van der Waals surface area contributed by atoms with Crippen molar-refractivity contribution in [3.8, 4) is 11.5 Å². The minimum Gasteiger partial charge on any atom is -0.450 e. The van der Waals surface area contributed by atoms with Gasteiger partial charge in [-0.05, 0) is 25.1 Å². The Morgan fingerprint density at radius 1 is 1.33 bits per heavy atom. The number of fused-ring (bicyclic) bond motifs is 1. The van der Waals surface area contributed by atoms with E-state index in [2.05, 4.69) is 10.3 Å². The standard InChI is InChI=1S/C16H13N3O5/c1-2-23-16(20)18-12-6-4-3-5-11(12)15-17-13-8-7-10(19(21)22)9-14(13)24-15/h3-9H,2H2,1H3,(H,18,20). The second-order valence-electron chi connectivity index (χ2n) is 4.82. The summed E-state index contributed by atoms with van der Waals surface area (Å²) in [5.41, 5.74) is 1.72. The molecule has 0 aliphatic heterocycles. The van der Waals surface area contributed by atoms with Gasteiger partial charge in [-0.3, -0.25) is 15.4 Å². The van der Waals surface area contributed by atoms with Crippen molar-refractivity contribution >= 4 is 28.6 Å². The molecule has 0 saturated carbocycles. The van der Waals surface area contributed by atoms with Crippen molar-refractivity contribution in [3.05, 3.63) is 52.6 Å². The molecule has 122 valence electrons. The predicted octanol–water partition coefficient (Wildman–Crippen LogP) is 3.97. The van der Waals surface area contributed by atoms with Crippen molar-refractivity contribution in [1.29, 1.82) is 0 Å². The Kier molecular flexibility index (Phi) is 4.11. The van der Waals surface area contributed by atoms with Gasteiger partial charge < -0.3 is 9.15 Å². The van der Waals surface area contributed by atoms with Gasteiger partial charge in [0.1, 0.15) is 5.52 Å². The molecule has 0 spiro atoms. The van der Waals surface area contributed by atoms with Crippen LogP contribution in [-0.2, 0) is 4.74 Å². The smallest absolute Gasteiger partial charge is 0.411 e. The van der Waals surface area contributed by atoms with E-state index in [1.807, 2.05) is 0 Å². The summed E-state index contributed by atoms with van der Waals surface area (Å²) in [7, 11) is 0. The number of nitro benzene ring substituents is 1. The summed E-state index contributed by atoms with van der Waals surface area (Å²) in [5, 5.41) is 13.5. The number of non-ortho nitro benzene ring substituents is 1. The number of carbonyl (C=O) groups is 1. The number of amides is 1. The van der Waals surface area contributed by atoms with Gasteiger partial charge >= 0.3 is 6.09 Å². The third-order valence-electron chi connectivity index (χ3n) is 3.25. The van der Waals surface area contributed by atoms with Crippen LogP contribution in [0, 0.1) is 10.1 Å². The monoisotopic (exact) mass is 327 g/mol. The Hall–Kier alpha value is -3.42. The topological polar surface area (TPSA) is 108 Å². The van der Waals surface area contributed by atoms with E-state index in [4.69, 9.17) is 9.15 Å². The molecule has 0 unspecified atom stereocenters. The third kappa shape index (κ3) is 3.02. The zero-order valence-corrected chi connectivity index (χ0v) is 12.7. The van der Waals surface area contributed by atoms with Crippen LogP contribution >= 0.6 is 0 Å². The number of oxazole rings is 1. The summed E-state index contributed by atoms with van der Waals surface area (Å²) in [6.45, 7) is 1.96. The lowest BCUT2D eigenvalue weighted by Gasteiger charge is -2.08. The number of anilines is 1. The van der Waals surface area contributed by atoms with Crippen molar-refractivity contribution in [3.63, 3.8) is 0 Å². The molecule has 3 rings (SSSR count). The molecule has 0 bridgehead atoms. The molecule has 0 aliphatic carbocycles. The largest absolute Gasteiger partial charge is 0.450 e. The van der Waals surface area contributed by atoms with E-state index < -0.39 is 11.0 Å². The molecule has 1 N–H and O–H groups in total. The zero-order valence-electron chi connectivity index (χ0n) is 12.7. The zero-order chi connectivity index (χ0) is 17.1. The van der Waals surface area contributed by atoms with Gasteiger partial charge in [0.25, 0.3) is 5.69 Å². The molecule has 8 nitrogen and oxygen atoms in total. The fraction of sp³-hybridized carbons (Fsp3) is 0.125. The fourth-order valence-corrected chi connectivity index (χ4v) is 2.20. The minimum absolute atomic E-state index is 0.0804. The molecule has 0 radical (unpaired) electrons. The molecule has 0 fully saturated rings. The van der Waals surface area contributed by atoms with Crippen LogP contribution in [0.15, 0.2) is 46.9 Å². The fourth-order valence-electron chi connectivity index (χ4n) is 2.20. The number of benzene rings is 2. The highest BCUT2D eigenvalue weighted by Crippen LogP contribution is 2.31. The van der Waals surface area contributed by atoms with Crippen LogP contribution in [0.25, 0.3) is 22.6 Å². The summed E-state index contributed by atoms with van der Waals surface area (Å²) in [6, 6.07) is 11.1. The number of nitro groups is 1. The number of para-hydroxylation sites is 1. The lowest BCUT2D eigenvalue weighted by atomic mass is 10.2. The SMILES string of the molecule is CCOC(=O)Nc1ccccc1-c1nc2ccc([N+](=O)[O-])cc2o1. The van der Waals surface area contributed by atoms with Crippen LogP contribution in [0.1, 0.15) is 6.92 Å². The van der Waals surface area contributed by atoms with Crippen molar-refractivity contribution in [2.75, 3.05) is 11.9 Å². The van der Waals surface area contributed by atoms with Crippen molar-refractivity contribution in [1.82, 2.24) is 4.98 Å². The van der Waals surface area contributed by atoms with E-state index >= 15 is 0 Å². The van der Waals surface area contributed by atoms with Crippen LogP contribution in [0.5, 0.6) is 0 Å². The highest BCUT2D eigenvalue weighted by molar-refractivity contribution is 5.91. The van der Waals surface area contributed by atoms with Gasteiger partial charge in [-0.15, -0.1) is 0 Å². The van der Waals surface area contributed by atoms with Crippen LogP contribution in [-0.4, -0.2) is 22.6 Å². The summed E-state index contributed by atoms with van der Waals surface area (Å²) in [6.07, 6.45) is -0.586. The Morgan fingerprint density at radius 3 is 2.88 bits per heavy atom. The van der Waals surface area contributed by atoms with E-state index in [1.54, 1.807) is 31.2 Å². The Bertz CT molecular complexity index is 919. The maximum atomic E-state index is 11.6. The summed E-state index contributed by atoms with van der Waals surface area (Å²) >= 11 is 0. The number of rotatable bonds is 4. The van der Waals surface area contributed by atoms with Crippen molar-refractivity contribution in [2.24, 2.45) is 0 Å². The number of nitrogens with one attached hydrogen (secondary N) is 1. The number of ether oxygens (including phenoxy) is 1. The Balaban J connectivity index is 2.01. The first kappa shape index (κ1) is 15.5. The third-order valence-corrected chi connectivity index (χ3v) is 3.25. The number of nitrogens with zero attached hydrogens (tertiary/aromatic N) is 2. The maximum absolute atomic E-state index is 11.6. The molecule has 0 atom stereocenters. The van der Waals surface area contributed by atoms with Crippen LogP contribution in [0.4, 0.5) is 16.2 Å². The first-order valence-corrected chi connectivity index (χ1v) is 7.16. The summed E-state index contributed by atoms with van der Waals surface area (Å²) < 4.78 is 10.5. The van der Waals surface area contributed by atoms with Crippen LogP contribution in [0.3, 0.4) is 0 Å². The Labute approximate surface area is 136 Å². The molecule has 1 amide bonds. The second-order valence-corrected chi connectivity index (χ2v) is 4.82. The van der Waals surface area contributed by atoms with E-state index in [9.17, 15) is 14.9 Å². The quantitative estimate of drug-likeness (QED) is 0.574. The number of hydrogen-bond donors (Lipinski definition) is 1. The van der Waals surface area contributed by atoms with E-state index in [-0.39, 0.29) is 18.2 Å². The molecular weight excluding hydrogens is 314 g/mol. The average Bonchev–Trinajstić information content (AvgIpc) is 2.98. The molecule has 0 aliphatic rings. The number of carbonyl (C=O) groups excluding carboxylic acids is 1. The molecule has 1 aromatic heterocycles. The first-order chi connectivity index (χ1) is 11.6. The minimum atomic E-state index is -0.586. The highest BCUT2D eigenvalue weighted by Gasteiger charge is 2.16. The molecule has 0 saturated heterocycles. The van der Waals surface area contributed by atoms with Gasteiger partial charge in [0.15, 0.2) is 5.58 Å². The lowest BCUT2D eigenvalue weighted by molar-refractivity contribution is -0.384. The van der Waals surface area contributed by atoms with Gasteiger partial charge in [0.2, 0.25) is 5.89 Å². The Morgan fingerprint density at radius 2 is 2.12 bits per heavy atom. The molecule has 8 heteroatoms. The average molecular weight is 327 g/mol. The summed E-state index contributed by atoms with van der Waals surface area (Å²) in [5.74, 6) is 0.248. The molecule has 3 aromatic rings. The number of hydrogen-bond acceptors (Lipinski definition) is 6. The van der Waals surface area contributed by atoms with Crippen LogP contribution in [0.2, 0.25) is 0 Å². The van der Waals surface area contributed by atoms with Crippen LogP contribution < -0.4 is 5.32 Å². The highest BCUT2D eigenvalue weighted by atomic mass is 16.6. The maximum Gasteiger partial charge on any atom is 0.411 e. The molecular formula is C16H13N3O5. The van der Waals surface area contributed by atoms with Crippen molar-refractivity contribution in [2.45, 2.75) is 6.92 Å². The van der Waals surface area contributed by atoms with Gasteiger partial charge in [-0.25, -0.2) is 9.78 Å². The molecule has 2 aromatic carbocycles. The lowest BCUT2D eigenvalue weighted by Crippen LogP contribution is -2.13. The van der Waals surface area contributed by atoms with Gasteiger partial charge in [0.05, 0.1) is 28.8 Å². The van der Waals surface area contributed by atoms with Gasteiger partial charge in [-0.2, -0.15) is 0 Å². The van der Waals surface area contributed by atoms with E-state index in [0.29, 0.717) is 22.4 Å². The van der Waals surface area contributed by atoms with E-state index in [1.165, 1.54) is 18.2 Å². The van der Waals surface area contributed by atoms with Gasteiger partial charge in [0, 0.05) is 6.07 Å². The van der Waals surface area contributed by atoms with E-state index in [0.717, 1.165) is 0 Å². The molecule has 24 heavy (non-hydrogen) atoms. The number of aromatic nitrogens is 1.